The molecule has 2 rings (SSSR count). The Bertz CT molecular complexity index is 589. The van der Waals surface area contributed by atoms with Gasteiger partial charge in [0.05, 0.1) is 25.0 Å². The molecule has 2 atom stereocenters. The molecule has 25 heavy (non-hydrogen) atoms. The van der Waals surface area contributed by atoms with Crippen molar-refractivity contribution in [2.45, 2.75) is 18.6 Å². The summed E-state index contributed by atoms with van der Waals surface area (Å²) in [6, 6.07) is 7.57. The quantitative estimate of drug-likeness (QED) is 0.484. The predicted molar refractivity (Wildman–Crippen MR) is 101 cm³/mol. The van der Waals surface area contributed by atoms with Crippen LogP contribution in [0.3, 0.4) is 0 Å². The number of ether oxygens (including phenoxy) is 1. The van der Waals surface area contributed by atoms with E-state index in [2.05, 4.69) is 23.2 Å². The van der Waals surface area contributed by atoms with Crippen LogP contribution in [-0.2, 0) is 9.57 Å². The third-order valence-electron chi connectivity index (χ3n) is 3.77. The lowest BCUT2D eigenvalue weighted by atomic mass is 10.0. The summed E-state index contributed by atoms with van der Waals surface area (Å²) in [6.45, 7) is 9.88. The molecule has 1 N–H and O–H groups in total. The summed E-state index contributed by atoms with van der Waals surface area (Å²) in [5.41, 5.74) is 1.93. The van der Waals surface area contributed by atoms with Crippen LogP contribution >= 0.6 is 11.6 Å². The van der Waals surface area contributed by atoms with Gasteiger partial charge in [0.2, 0.25) is 0 Å². The normalized spacial score (nSPS) is 17.9. The molecular weight excluding hydrogens is 340 g/mol. The number of hydrogen-bond donors (Lipinski definition) is 1. The Labute approximate surface area is 154 Å². The Kier molecular flexibility index (Phi) is 8.15. The molecule has 1 aromatic rings. The van der Waals surface area contributed by atoms with Gasteiger partial charge in [0, 0.05) is 31.1 Å². The Morgan fingerprint density at radius 2 is 2.12 bits per heavy atom. The van der Waals surface area contributed by atoms with E-state index in [0.29, 0.717) is 31.3 Å². The molecule has 136 valence electrons. The fourth-order valence-corrected chi connectivity index (χ4v) is 2.80. The summed E-state index contributed by atoms with van der Waals surface area (Å²) in [7, 11) is 0. The number of benzene rings is 1. The standard InChI is InChI=1S/C19H25ClN2O3/c1-3-9-22(12-17(23)14-24-10-4-2)13-18-11-19(21-25-18)15-5-7-16(20)8-6-15/h3-8,17-18,23H,1-2,9-14H2/t17-,18-/m0/s1. The van der Waals surface area contributed by atoms with Crippen LogP contribution in [0.2, 0.25) is 5.02 Å². The molecule has 0 fully saturated rings. The zero-order chi connectivity index (χ0) is 18.1. The lowest BCUT2D eigenvalue weighted by Crippen LogP contribution is -2.39. The Balaban J connectivity index is 1.83. The predicted octanol–water partition coefficient (Wildman–Crippen LogP) is 2.88. The second-order valence-electron chi connectivity index (χ2n) is 5.96. The number of rotatable bonds is 11. The third-order valence-corrected chi connectivity index (χ3v) is 4.03. The maximum Gasteiger partial charge on any atom is 0.145 e. The number of aliphatic hydroxyl groups excluding tert-OH is 1. The minimum atomic E-state index is -0.571. The van der Waals surface area contributed by atoms with Crippen LogP contribution in [0.1, 0.15) is 12.0 Å². The van der Waals surface area contributed by atoms with Crippen LogP contribution in [0.25, 0.3) is 0 Å². The summed E-state index contributed by atoms with van der Waals surface area (Å²) < 4.78 is 5.29. The van der Waals surface area contributed by atoms with E-state index in [-0.39, 0.29) is 12.7 Å². The highest BCUT2D eigenvalue weighted by Crippen LogP contribution is 2.19. The summed E-state index contributed by atoms with van der Waals surface area (Å²) in [6.07, 6.45) is 3.58. The van der Waals surface area contributed by atoms with Crippen LogP contribution in [0, 0.1) is 0 Å². The maximum absolute atomic E-state index is 10.1. The molecule has 6 heteroatoms. The van der Waals surface area contributed by atoms with E-state index in [1.54, 1.807) is 6.08 Å². The van der Waals surface area contributed by atoms with Crippen molar-refractivity contribution in [3.63, 3.8) is 0 Å². The van der Waals surface area contributed by atoms with Crippen molar-refractivity contribution in [1.82, 2.24) is 4.90 Å². The van der Waals surface area contributed by atoms with Gasteiger partial charge in [-0.25, -0.2) is 0 Å². The van der Waals surface area contributed by atoms with Gasteiger partial charge in [-0.1, -0.05) is 41.0 Å². The molecule has 1 aliphatic heterocycles. The van der Waals surface area contributed by atoms with Crippen LogP contribution < -0.4 is 0 Å². The molecule has 0 saturated carbocycles. The Hall–Kier alpha value is -1.66. The molecule has 0 aromatic heterocycles. The molecule has 0 bridgehead atoms. The minimum Gasteiger partial charge on any atom is -0.390 e. The van der Waals surface area contributed by atoms with Crippen LogP contribution in [0.15, 0.2) is 54.7 Å². The molecular formula is C19H25ClN2O3. The first-order valence-corrected chi connectivity index (χ1v) is 8.68. The molecule has 0 unspecified atom stereocenters. The molecule has 0 saturated heterocycles. The van der Waals surface area contributed by atoms with Crippen molar-refractivity contribution in [3.05, 3.63) is 60.2 Å². The molecule has 5 nitrogen and oxygen atoms in total. The smallest absolute Gasteiger partial charge is 0.145 e. The number of aliphatic hydroxyl groups is 1. The second-order valence-corrected chi connectivity index (χ2v) is 6.40. The number of hydrogen-bond acceptors (Lipinski definition) is 5. The van der Waals surface area contributed by atoms with Gasteiger partial charge in [0.15, 0.2) is 0 Å². The van der Waals surface area contributed by atoms with Gasteiger partial charge in [-0.3, -0.25) is 4.90 Å². The highest BCUT2D eigenvalue weighted by atomic mass is 35.5. The Morgan fingerprint density at radius 3 is 2.80 bits per heavy atom. The largest absolute Gasteiger partial charge is 0.390 e. The van der Waals surface area contributed by atoms with Gasteiger partial charge >= 0.3 is 0 Å². The first-order valence-electron chi connectivity index (χ1n) is 8.31. The zero-order valence-electron chi connectivity index (χ0n) is 14.3. The maximum atomic E-state index is 10.1. The van der Waals surface area contributed by atoms with E-state index in [1.807, 2.05) is 30.3 Å². The van der Waals surface area contributed by atoms with Gasteiger partial charge in [0.25, 0.3) is 0 Å². The SMILES string of the molecule is C=CCOC[C@@H](O)CN(CC=C)C[C@@H]1CC(c2ccc(Cl)cc2)=NO1. The van der Waals surface area contributed by atoms with Gasteiger partial charge in [-0.2, -0.15) is 0 Å². The average molecular weight is 365 g/mol. The minimum absolute atomic E-state index is 0.0491. The van der Waals surface area contributed by atoms with Crippen molar-refractivity contribution in [1.29, 1.82) is 0 Å². The fourth-order valence-electron chi connectivity index (χ4n) is 2.67. The molecule has 0 aliphatic carbocycles. The van der Waals surface area contributed by atoms with E-state index in [1.165, 1.54) is 0 Å². The molecule has 0 amide bonds. The third kappa shape index (κ3) is 6.63. The van der Waals surface area contributed by atoms with Crippen molar-refractivity contribution in [2.75, 3.05) is 32.8 Å². The van der Waals surface area contributed by atoms with Gasteiger partial charge in [0.1, 0.15) is 6.10 Å². The number of halogens is 1. The lowest BCUT2D eigenvalue weighted by molar-refractivity contribution is 0.00895. The van der Waals surface area contributed by atoms with Crippen LogP contribution in [-0.4, -0.2) is 60.8 Å². The first kappa shape index (κ1) is 19.7. The van der Waals surface area contributed by atoms with Crippen molar-refractivity contribution in [2.24, 2.45) is 5.16 Å². The molecule has 0 spiro atoms. The van der Waals surface area contributed by atoms with Crippen molar-refractivity contribution < 1.29 is 14.7 Å². The summed E-state index contributed by atoms with van der Waals surface area (Å²) in [5.74, 6) is 0. The first-order chi connectivity index (χ1) is 12.1. The van der Waals surface area contributed by atoms with E-state index in [0.717, 1.165) is 17.7 Å². The number of nitrogens with zero attached hydrogens (tertiary/aromatic N) is 2. The van der Waals surface area contributed by atoms with E-state index >= 15 is 0 Å². The van der Waals surface area contributed by atoms with Gasteiger partial charge in [-0.15, -0.1) is 13.2 Å². The average Bonchev–Trinajstić information content (AvgIpc) is 3.04. The summed E-state index contributed by atoms with van der Waals surface area (Å²) in [4.78, 5) is 7.64. The molecule has 1 heterocycles. The topological polar surface area (TPSA) is 54.3 Å². The second kappa shape index (κ2) is 10.4. The van der Waals surface area contributed by atoms with Crippen LogP contribution in [0.5, 0.6) is 0 Å². The molecule has 1 aromatic carbocycles. The van der Waals surface area contributed by atoms with Gasteiger partial charge < -0.3 is 14.7 Å². The highest BCUT2D eigenvalue weighted by Gasteiger charge is 2.25. The van der Waals surface area contributed by atoms with Crippen molar-refractivity contribution >= 4 is 17.3 Å². The van der Waals surface area contributed by atoms with Crippen LogP contribution in [0.4, 0.5) is 0 Å². The Morgan fingerprint density at radius 1 is 1.36 bits per heavy atom. The number of oxime groups is 1. The van der Waals surface area contributed by atoms with E-state index in [9.17, 15) is 5.11 Å². The highest BCUT2D eigenvalue weighted by molar-refractivity contribution is 6.30. The molecule has 1 aliphatic rings. The van der Waals surface area contributed by atoms with E-state index < -0.39 is 6.10 Å². The fraction of sp³-hybridized carbons (Fsp3) is 0.421. The molecule has 0 radical (unpaired) electrons. The zero-order valence-corrected chi connectivity index (χ0v) is 15.1. The monoisotopic (exact) mass is 364 g/mol. The lowest BCUT2D eigenvalue weighted by Gasteiger charge is -2.25. The summed E-state index contributed by atoms with van der Waals surface area (Å²) in [5, 5.41) is 15.0. The summed E-state index contributed by atoms with van der Waals surface area (Å²) >= 11 is 5.92. The van der Waals surface area contributed by atoms with E-state index in [4.69, 9.17) is 21.2 Å². The van der Waals surface area contributed by atoms with Gasteiger partial charge in [-0.05, 0) is 17.7 Å². The van der Waals surface area contributed by atoms with Crippen molar-refractivity contribution in [3.8, 4) is 0 Å².